The standard InChI is InChI=1S/C21H36F5N7O2/c1-3-35-6-4-5-27-20(29-19(34)15-11-33(2)32-18(15)21(24,25)26)28-17-10-16(30-31-17)12-7-13(22)9-14(23)8-12/h12-18,30-32H,3-11H2,1-2H3,(H2,27,28,29,34). The highest BCUT2D eigenvalue weighted by Gasteiger charge is 2.52. The number of halogens is 5. The van der Waals surface area contributed by atoms with Gasteiger partial charge in [0.05, 0.1) is 12.1 Å². The van der Waals surface area contributed by atoms with Gasteiger partial charge in [0, 0.05) is 45.8 Å². The average molecular weight is 514 g/mol. The summed E-state index contributed by atoms with van der Waals surface area (Å²) in [4.78, 5) is 17.1. The third-order valence-corrected chi connectivity index (χ3v) is 6.53. The van der Waals surface area contributed by atoms with Crippen LogP contribution in [0.15, 0.2) is 4.99 Å². The first kappa shape index (κ1) is 28.0. The van der Waals surface area contributed by atoms with Crippen molar-refractivity contribution in [2.45, 2.75) is 75.8 Å². The van der Waals surface area contributed by atoms with Crippen molar-refractivity contribution in [3.8, 4) is 0 Å². The van der Waals surface area contributed by atoms with Gasteiger partial charge in [0.1, 0.15) is 18.4 Å². The van der Waals surface area contributed by atoms with Gasteiger partial charge in [-0.15, -0.1) is 0 Å². The van der Waals surface area contributed by atoms with Crippen LogP contribution in [0.3, 0.4) is 0 Å². The van der Waals surface area contributed by atoms with E-state index in [9.17, 15) is 26.7 Å². The van der Waals surface area contributed by atoms with E-state index in [1.54, 1.807) is 0 Å². The molecule has 0 aromatic heterocycles. The van der Waals surface area contributed by atoms with Gasteiger partial charge in [-0.25, -0.2) is 24.6 Å². The second-order valence-electron chi connectivity index (χ2n) is 9.39. The van der Waals surface area contributed by atoms with Gasteiger partial charge < -0.3 is 10.1 Å². The van der Waals surface area contributed by atoms with Crippen molar-refractivity contribution in [2.24, 2.45) is 16.8 Å². The van der Waals surface area contributed by atoms with Gasteiger partial charge >= 0.3 is 6.18 Å². The molecule has 202 valence electrons. The van der Waals surface area contributed by atoms with Crippen LogP contribution in [0.2, 0.25) is 0 Å². The molecule has 0 aromatic carbocycles. The van der Waals surface area contributed by atoms with Gasteiger partial charge in [0.25, 0.3) is 0 Å². The first-order valence-corrected chi connectivity index (χ1v) is 12.1. The lowest BCUT2D eigenvalue weighted by molar-refractivity contribution is -0.168. The van der Waals surface area contributed by atoms with E-state index in [2.05, 4.69) is 31.9 Å². The number of aliphatic imine (C=N–C) groups is 1. The number of hydrogen-bond donors (Lipinski definition) is 5. The number of ether oxygens (including phenoxy) is 1. The van der Waals surface area contributed by atoms with Crippen LogP contribution >= 0.6 is 0 Å². The van der Waals surface area contributed by atoms with E-state index < -0.39 is 42.6 Å². The van der Waals surface area contributed by atoms with Crippen LogP contribution in [0.5, 0.6) is 0 Å². The van der Waals surface area contributed by atoms with Crippen LogP contribution in [-0.2, 0) is 9.53 Å². The van der Waals surface area contributed by atoms with Crippen LogP contribution < -0.4 is 26.9 Å². The molecule has 2 saturated heterocycles. The molecule has 2 aliphatic heterocycles. The molecule has 3 rings (SSSR count). The van der Waals surface area contributed by atoms with E-state index in [0.717, 1.165) is 0 Å². The zero-order valence-electron chi connectivity index (χ0n) is 20.0. The number of hydrogen-bond acceptors (Lipinski definition) is 7. The molecule has 5 N–H and O–H groups in total. The Morgan fingerprint density at radius 1 is 1.14 bits per heavy atom. The quantitative estimate of drug-likeness (QED) is 0.144. The van der Waals surface area contributed by atoms with Crippen LogP contribution in [-0.4, -0.2) is 87.0 Å². The third kappa shape index (κ3) is 8.20. The maximum Gasteiger partial charge on any atom is 0.405 e. The summed E-state index contributed by atoms with van der Waals surface area (Å²) in [5, 5.41) is 6.77. The number of nitrogens with one attached hydrogen (secondary N) is 5. The molecular formula is C21H36F5N7O2. The van der Waals surface area contributed by atoms with Crippen LogP contribution in [0.25, 0.3) is 0 Å². The molecule has 1 saturated carbocycles. The van der Waals surface area contributed by atoms with Gasteiger partial charge in [-0.1, -0.05) is 0 Å². The number of nitrogens with zero attached hydrogens (tertiary/aromatic N) is 2. The molecular weight excluding hydrogens is 477 g/mol. The van der Waals surface area contributed by atoms with Crippen molar-refractivity contribution in [2.75, 3.05) is 33.4 Å². The summed E-state index contributed by atoms with van der Waals surface area (Å²) in [5.74, 6) is -2.32. The second kappa shape index (κ2) is 12.6. The van der Waals surface area contributed by atoms with Crippen molar-refractivity contribution in [3.63, 3.8) is 0 Å². The molecule has 3 aliphatic rings. The van der Waals surface area contributed by atoms with Crippen molar-refractivity contribution >= 4 is 11.9 Å². The molecule has 6 unspecified atom stereocenters. The minimum atomic E-state index is -4.60. The molecule has 0 spiro atoms. The summed E-state index contributed by atoms with van der Waals surface area (Å²) >= 11 is 0. The molecule has 1 amide bonds. The van der Waals surface area contributed by atoms with Gasteiger partial charge in [0.2, 0.25) is 5.91 Å². The zero-order valence-corrected chi connectivity index (χ0v) is 20.0. The Balaban J connectivity index is 1.61. The third-order valence-electron chi connectivity index (χ3n) is 6.53. The lowest BCUT2D eigenvalue weighted by Crippen LogP contribution is -2.54. The van der Waals surface area contributed by atoms with Crippen LogP contribution in [0, 0.1) is 11.8 Å². The van der Waals surface area contributed by atoms with Crippen molar-refractivity contribution in [1.82, 2.24) is 31.9 Å². The number of carbonyl (C=O) groups excluding carboxylic acids is 1. The van der Waals surface area contributed by atoms with Gasteiger partial charge in [0.15, 0.2) is 5.96 Å². The number of guanidine groups is 1. The van der Waals surface area contributed by atoms with E-state index in [1.165, 1.54) is 12.1 Å². The SMILES string of the molecule is CCOCCCN=C(NC(=O)C1CN(C)NC1C(F)(F)F)NC1CC(C2CC(F)CC(F)C2)NN1. The molecule has 1 aliphatic carbocycles. The number of carbonyl (C=O) groups is 1. The van der Waals surface area contributed by atoms with Gasteiger partial charge in [-0.2, -0.15) is 13.2 Å². The predicted molar refractivity (Wildman–Crippen MR) is 119 cm³/mol. The highest BCUT2D eigenvalue weighted by atomic mass is 19.4. The fourth-order valence-electron chi connectivity index (χ4n) is 4.85. The maximum atomic E-state index is 13.8. The summed E-state index contributed by atoms with van der Waals surface area (Å²) < 4.78 is 73.2. The molecule has 9 nitrogen and oxygen atoms in total. The number of amides is 1. The first-order chi connectivity index (χ1) is 16.6. The number of alkyl halides is 5. The Morgan fingerprint density at radius 3 is 2.51 bits per heavy atom. The normalized spacial score (nSPS) is 34.8. The maximum absolute atomic E-state index is 13.8. The van der Waals surface area contributed by atoms with E-state index in [1.807, 2.05) is 6.92 Å². The predicted octanol–water partition coefficient (Wildman–Crippen LogP) is 1.14. The van der Waals surface area contributed by atoms with Crippen molar-refractivity contribution < 1.29 is 31.5 Å². The van der Waals surface area contributed by atoms with Crippen molar-refractivity contribution in [1.29, 1.82) is 0 Å². The summed E-state index contributed by atoms with van der Waals surface area (Å²) in [6.07, 6.45) is -5.92. The number of rotatable bonds is 8. The smallest absolute Gasteiger partial charge is 0.382 e. The highest BCUT2D eigenvalue weighted by molar-refractivity contribution is 5.98. The highest BCUT2D eigenvalue weighted by Crippen LogP contribution is 2.33. The zero-order chi connectivity index (χ0) is 25.6. The Morgan fingerprint density at radius 2 is 1.86 bits per heavy atom. The Kier molecular flexibility index (Phi) is 10.0. The Labute approximate surface area is 201 Å². The molecule has 3 fully saturated rings. The van der Waals surface area contributed by atoms with E-state index in [4.69, 9.17) is 4.74 Å². The molecule has 35 heavy (non-hydrogen) atoms. The topological polar surface area (TPSA) is 102 Å². The van der Waals surface area contributed by atoms with E-state index >= 15 is 0 Å². The minimum absolute atomic E-state index is 0.0392. The Hall–Kier alpha value is -1.61. The minimum Gasteiger partial charge on any atom is -0.382 e. The molecule has 2 heterocycles. The Bertz CT molecular complexity index is 719. The fourth-order valence-corrected chi connectivity index (χ4v) is 4.85. The first-order valence-electron chi connectivity index (χ1n) is 12.1. The van der Waals surface area contributed by atoms with Crippen LogP contribution in [0.4, 0.5) is 22.0 Å². The van der Waals surface area contributed by atoms with E-state index in [-0.39, 0.29) is 50.3 Å². The van der Waals surface area contributed by atoms with Gasteiger partial charge in [-0.05, 0) is 38.5 Å². The molecule has 0 radical (unpaired) electrons. The van der Waals surface area contributed by atoms with Gasteiger partial charge in [-0.3, -0.25) is 20.5 Å². The fraction of sp³-hybridized carbons (Fsp3) is 0.905. The molecule has 6 atom stereocenters. The molecule has 14 heteroatoms. The molecule has 0 aromatic rings. The summed E-state index contributed by atoms with van der Waals surface area (Å²) in [6.45, 7) is 3.03. The summed E-state index contributed by atoms with van der Waals surface area (Å²) in [6, 6.07) is -2.20. The summed E-state index contributed by atoms with van der Waals surface area (Å²) in [7, 11) is 1.44. The lowest BCUT2D eigenvalue weighted by atomic mass is 9.81. The monoisotopic (exact) mass is 513 g/mol. The molecule has 0 bridgehead atoms. The number of hydrazine groups is 2. The lowest BCUT2D eigenvalue weighted by Gasteiger charge is -2.31. The summed E-state index contributed by atoms with van der Waals surface area (Å²) in [5.41, 5.74) is 8.32. The van der Waals surface area contributed by atoms with Crippen LogP contribution in [0.1, 0.15) is 39.0 Å². The van der Waals surface area contributed by atoms with E-state index in [0.29, 0.717) is 26.1 Å². The second-order valence-corrected chi connectivity index (χ2v) is 9.39. The average Bonchev–Trinajstić information content (AvgIpc) is 3.39. The van der Waals surface area contributed by atoms with Crippen molar-refractivity contribution in [3.05, 3.63) is 0 Å². The largest absolute Gasteiger partial charge is 0.405 e.